The SMILES string of the molecule is Cc1nc(C)nc(N(C)NC(=S)Nc2ccccc2)n1. The molecule has 0 saturated heterocycles. The summed E-state index contributed by atoms with van der Waals surface area (Å²) in [7, 11) is 1.80. The highest BCUT2D eigenvalue weighted by Gasteiger charge is 2.08. The zero-order valence-corrected chi connectivity index (χ0v) is 12.4. The van der Waals surface area contributed by atoms with E-state index in [0.29, 0.717) is 22.7 Å². The third-order valence-electron chi connectivity index (χ3n) is 2.45. The molecule has 2 aromatic rings. The summed E-state index contributed by atoms with van der Waals surface area (Å²) in [5, 5.41) is 5.20. The van der Waals surface area contributed by atoms with Gasteiger partial charge in [-0.25, -0.2) is 4.98 Å². The number of benzene rings is 1. The van der Waals surface area contributed by atoms with Crippen LogP contribution in [0.25, 0.3) is 0 Å². The Hall–Kier alpha value is -2.28. The van der Waals surface area contributed by atoms with Gasteiger partial charge < -0.3 is 5.32 Å². The van der Waals surface area contributed by atoms with Gasteiger partial charge in [0.25, 0.3) is 0 Å². The first-order valence-electron chi connectivity index (χ1n) is 6.10. The molecule has 0 radical (unpaired) electrons. The Morgan fingerprint density at radius 3 is 2.25 bits per heavy atom. The Morgan fingerprint density at radius 1 is 1.05 bits per heavy atom. The monoisotopic (exact) mass is 288 g/mol. The Labute approximate surface area is 123 Å². The van der Waals surface area contributed by atoms with Gasteiger partial charge in [0.2, 0.25) is 5.95 Å². The maximum atomic E-state index is 5.24. The smallest absolute Gasteiger partial charge is 0.247 e. The Kier molecular flexibility index (Phi) is 4.41. The fourth-order valence-electron chi connectivity index (χ4n) is 1.63. The number of aryl methyl sites for hydroxylation is 2. The number of hydrazine groups is 1. The van der Waals surface area contributed by atoms with E-state index in [4.69, 9.17) is 12.2 Å². The predicted octanol–water partition coefficient (Wildman–Crippen LogP) is 1.83. The summed E-state index contributed by atoms with van der Waals surface area (Å²) in [5.41, 5.74) is 3.92. The van der Waals surface area contributed by atoms with Gasteiger partial charge in [0.1, 0.15) is 11.6 Å². The molecule has 20 heavy (non-hydrogen) atoms. The van der Waals surface area contributed by atoms with Crippen LogP contribution < -0.4 is 15.8 Å². The molecule has 0 saturated carbocycles. The summed E-state index contributed by atoms with van der Waals surface area (Å²) in [6.45, 7) is 3.65. The number of nitrogens with one attached hydrogen (secondary N) is 2. The van der Waals surface area contributed by atoms with Gasteiger partial charge in [-0.15, -0.1) is 0 Å². The minimum atomic E-state index is 0.467. The molecule has 7 heteroatoms. The van der Waals surface area contributed by atoms with E-state index < -0.39 is 0 Å². The summed E-state index contributed by atoms with van der Waals surface area (Å²) in [5.74, 6) is 1.86. The highest BCUT2D eigenvalue weighted by atomic mass is 32.1. The van der Waals surface area contributed by atoms with E-state index in [1.807, 2.05) is 44.2 Å². The fourth-order valence-corrected chi connectivity index (χ4v) is 1.89. The van der Waals surface area contributed by atoms with Crippen LogP contribution in [0.2, 0.25) is 0 Å². The molecule has 1 aromatic carbocycles. The van der Waals surface area contributed by atoms with Crippen LogP contribution in [0, 0.1) is 13.8 Å². The van der Waals surface area contributed by atoms with Crippen molar-refractivity contribution in [2.45, 2.75) is 13.8 Å². The third kappa shape index (κ3) is 3.86. The minimum absolute atomic E-state index is 0.467. The summed E-state index contributed by atoms with van der Waals surface area (Å²) in [6, 6.07) is 9.70. The van der Waals surface area contributed by atoms with Crippen molar-refractivity contribution in [3.05, 3.63) is 42.0 Å². The first-order valence-corrected chi connectivity index (χ1v) is 6.51. The molecule has 0 fully saturated rings. The van der Waals surface area contributed by atoms with Crippen molar-refractivity contribution in [2.24, 2.45) is 0 Å². The normalized spacial score (nSPS) is 9.95. The summed E-state index contributed by atoms with van der Waals surface area (Å²) < 4.78 is 0. The van der Waals surface area contributed by atoms with Gasteiger partial charge in [-0.2, -0.15) is 9.97 Å². The molecule has 0 aliphatic rings. The Bertz CT molecular complexity index is 581. The van der Waals surface area contributed by atoms with E-state index in [-0.39, 0.29) is 0 Å². The highest BCUT2D eigenvalue weighted by Crippen LogP contribution is 2.06. The van der Waals surface area contributed by atoms with Crippen molar-refractivity contribution < 1.29 is 0 Å². The molecule has 1 heterocycles. The number of hydrogen-bond donors (Lipinski definition) is 2. The van der Waals surface area contributed by atoms with Gasteiger partial charge in [0, 0.05) is 12.7 Å². The molecule has 2 N–H and O–H groups in total. The number of rotatable bonds is 3. The van der Waals surface area contributed by atoms with Crippen molar-refractivity contribution >= 4 is 29.0 Å². The number of aromatic nitrogens is 3. The molecule has 0 atom stereocenters. The standard InChI is InChI=1S/C13H16N6S/c1-9-14-10(2)16-12(15-9)19(3)18-13(20)17-11-7-5-4-6-8-11/h4-8H,1-3H3,(H2,17,18,20). The lowest BCUT2D eigenvalue weighted by molar-refractivity contribution is 0.798. The van der Waals surface area contributed by atoms with Crippen LogP contribution in [0.3, 0.4) is 0 Å². The zero-order valence-electron chi connectivity index (χ0n) is 11.6. The number of hydrogen-bond acceptors (Lipinski definition) is 5. The predicted molar refractivity (Wildman–Crippen MR) is 83.5 cm³/mol. The van der Waals surface area contributed by atoms with Crippen LogP contribution >= 0.6 is 12.2 Å². The number of para-hydroxylation sites is 1. The highest BCUT2D eigenvalue weighted by molar-refractivity contribution is 7.80. The number of thiocarbonyl (C=S) groups is 1. The van der Waals surface area contributed by atoms with Crippen LogP contribution in [-0.4, -0.2) is 27.1 Å². The molecular formula is C13H16N6S. The van der Waals surface area contributed by atoms with Gasteiger partial charge in [0.05, 0.1) is 0 Å². The van der Waals surface area contributed by atoms with Crippen molar-refractivity contribution in [1.29, 1.82) is 0 Å². The van der Waals surface area contributed by atoms with E-state index >= 15 is 0 Å². The molecule has 104 valence electrons. The summed E-state index contributed by atoms with van der Waals surface area (Å²) in [4.78, 5) is 12.6. The van der Waals surface area contributed by atoms with E-state index in [1.54, 1.807) is 12.1 Å². The van der Waals surface area contributed by atoms with E-state index in [9.17, 15) is 0 Å². The van der Waals surface area contributed by atoms with Gasteiger partial charge in [-0.3, -0.25) is 10.4 Å². The van der Waals surface area contributed by atoms with Crippen molar-refractivity contribution in [1.82, 2.24) is 20.4 Å². The molecule has 0 aliphatic heterocycles. The molecule has 0 unspecified atom stereocenters. The molecule has 0 amide bonds. The first kappa shape index (κ1) is 14.1. The Balaban J connectivity index is 2.00. The van der Waals surface area contributed by atoms with Crippen LogP contribution in [0.5, 0.6) is 0 Å². The molecule has 6 nitrogen and oxygen atoms in total. The van der Waals surface area contributed by atoms with Crippen molar-refractivity contribution in [3.8, 4) is 0 Å². The Morgan fingerprint density at radius 2 is 1.65 bits per heavy atom. The third-order valence-corrected chi connectivity index (χ3v) is 2.64. The minimum Gasteiger partial charge on any atom is -0.331 e. The second-order valence-electron chi connectivity index (χ2n) is 4.22. The molecule has 0 bridgehead atoms. The quantitative estimate of drug-likeness (QED) is 0.659. The molecular weight excluding hydrogens is 272 g/mol. The van der Waals surface area contributed by atoms with Gasteiger partial charge >= 0.3 is 0 Å². The molecule has 0 spiro atoms. The van der Waals surface area contributed by atoms with E-state index in [0.717, 1.165) is 5.69 Å². The van der Waals surface area contributed by atoms with Crippen LogP contribution in [-0.2, 0) is 0 Å². The second-order valence-corrected chi connectivity index (χ2v) is 4.63. The number of nitrogens with zero attached hydrogens (tertiary/aromatic N) is 4. The van der Waals surface area contributed by atoms with Gasteiger partial charge in [0.15, 0.2) is 5.11 Å². The van der Waals surface area contributed by atoms with E-state index in [1.165, 1.54) is 0 Å². The maximum Gasteiger partial charge on any atom is 0.247 e. The topological polar surface area (TPSA) is 66.0 Å². The van der Waals surface area contributed by atoms with Crippen LogP contribution in [0.1, 0.15) is 11.6 Å². The average Bonchev–Trinajstić information content (AvgIpc) is 2.38. The second kappa shape index (κ2) is 6.25. The van der Waals surface area contributed by atoms with Crippen LogP contribution in [0.15, 0.2) is 30.3 Å². The zero-order chi connectivity index (χ0) is 14.5. The molecule has 0 aliphatic carbocycles. The lowest BCUT2D eigenvalue weighted by Crippen LogP contribution is -2.43. The fraction of sp³-hybridized carbons (Fsp3) is 0.231. The largest absolute Gasteiger partial charge is 0.331 e. The first-order chi connectivity index (χ1) is 9.54. The lowest BCUT2D eigenvalue weighted by Gasteiger charge is -2.20. The van der Waals surface area contributed by atoms with Gasteiger partial charge in [-0.05, 0) is 38.2 Å². The van der Waals surface area contributed by atoms with Crippen molar-refractivity contribution in [3.63, 3.8) is 0 Å². The summed E-state index contributed by atoms with van der Waals surface area (Å²) in [6.07, 6.45) is 0. The number of anilines is 2. The van der Waals surface area contributed by atoms with Crippen molar-refractivity contribution in [2.75, 3.05) is 17.4 Å². The molecule has 2 rings (SSSR count). The summed E-state index contributed by atoms with van der Waals surface area (Å²) >= 11 is 5.24. The molecule has 1 aromatic heterocycles. The average molecular weight is 288 g/mol. The van der Waals surface area contributed by atoms with Gasteiger partial charge in [-0.1, -0.05) is 18.2 Å². The van der Waals surface area contributed by atoms with E-state index in [2.05, 4.69) is 25.7 Å². The lowest BCUT2D eigenvalue weighted by atomic mass is 10.3. The maximum absolute atomic E-state index is 5.24. The van der Waals surface area contributed by atoms with Crippen LogP contribution in [0.4, 0.5) is 11.6 Å².